The summed E-state index contributed by atoms with van der Waals surface area (Å²) in [5.74, 6) is 0.780. The number of non-ortho nitro benzene ring substituents is 1. The fraction of sp³-hybridized carbons (Fsp3) is 0.167. The normalized spacial score (nSPS) is 10.7. The van der Waals surface area contributed by atoms with Crippen LogP contribution in [0.5, 0.6) is 11.5 Å². The Morgan fingerprint density at radius 1 is 1.06 bits per heavy atom. The molecule has 0 heterocycles. The van der Waals surface area contributed by atoms with Crippen LogP contribution in [0, 0.1) is 17.0 Å². The number of carbonyl (C=O) groups excluding carboxylic acids is 1. The Hall–Kier alpha value is -4.20. The molecule has 0 aromatic heterocycles. The SMILES string of the molecule is CCOc1cc(/C=N\NC(=O)c2ccccc2C)ccc1OCc1ccc([N+](=O)[O-])cc1. The molecule has 0 aliphatic carbocycles. The third-order valence-corrected chi connectivity index (χ3v) is 4.58. The van der Waals surface area contributed by atoms with Gasteiger partial charge in [-0.3, -0.25) is 14.9 Å². The first kappa shape index (κ1) is 22.5. The number of carbonyl (C=O) groups is 1. The number of nitro benzene ring substituents is 1. The van der Waals surface area contributed by atoms with E-state index in [4.69, 9.17) is 9.47 Å². The minimum atomic E-state index is -0.443. The van der Waals surface area contributed by atoms with Crippen LogP contribution in [0.4, 0.5) is 5.69 Å². The van der Waals surface area contributed by atoms with Crippen molar-refractivity contribution in [3.8, 4) is 11.5 Å². The molecule has 32 heavy (non-hydrogen) atoms. The number of nitro groups is 1. The Kier molecular flexibility index (Phi) is 7.53. The highest BCUT2D eigenvalue weighted by molar-refractivity contribution is 5.96. The van der Waals surface area contributed by atoms with Crippen LogP contribution < -0.4 is 14.9 Å². The lowest BCUT2D eigenvalue weighted by molar-refractivity contribution is -0.384. The van der Waals surface area contributed by atoms with Gasteiger partial charge < -0.3 is 9.47 Å². The van der Waals surface area contributed by atoms with Crippen molar-refractivity contribution in [1.29, 1.82) is 0 Å². The van der Waals surface area contributed by atoms with Gasteiger partial charge in [0.2, 0.25) is 0 Å². The molecule has 1 N–H and O–H groups in total. The van der Waals surface area contributed by atoms with Crippen molar-refractivity contribution in [2.45, 2.75) is 20.5 Å². The van der Waals surface area contributed by atoms with Crippen LogP contribution in [0.2, 0.25) is 0 Å². The molecule has 1 amide bonds. The zero-order chi connectivity index (χ0) is 22.9. The maximum atomic E-state index is 12.3. The first-order chi connectivity index (χ1) is 15.5. The molecule has 0 atom stereocenters. The fourth-order valence-corrected chi connectivity index (χ4v) is 2.92. The van der Waals surface area contributed by atoms with Gasteiger partial charge in [0, 0.05) is 17.7 Å². The van der Waals surface area contributed by atoms with Crippen LogP contribution >= 0.6 is 0 Å². The van der Waals surface area contributed by atoms with E-state index < -0.39 is 4.92 Å². The van der Waals surface area contributed by atoms with Gasteiger partial charge in [-0.05, 0) is 66.9 Å². The smallest absolute Gasteiger partial charge is 0.271 e. The maximum Gasteiger partial charge on any atom is 0.271 e. The molecule has 0 saturated heterocycles. The first-order valence-corrected chi connectivity index (χ1v) is 10.00. The molecule has 3 rings (SSSR count). The van der Waals surface area contributed by atoms with Gasteiger partial charge in [-0.1, -0.05) is 18.2 Å². The summed E-state index contributed by atoms with van der Waals surface area (Å²) in [5.41, 5.74) is 5.50. The number of hydrogen-bond donors (Lipinski definition) is 1. The van der Waals surface area contributed by atoms with E-state index in [0.29, 0.717) is 23.7 Å². The Labute approximate surface area is 185 Å². The second-order valence-corrected chi connectivity index (χ2v) is 6.87. The van der Waals surface area contributed by atoms with Gasteiger partial charge in [0.1, 0.15) is 6.61 Å². The van der Waals surface area contributed by atoms with E-state index in [1.807, 2.05) is 26.0 Å². The zero-order valence-corrected chi connectivity index (χ0v) is 17.8. The van der Waals surface area contributed by atoms with Crippen LogP contribution in [0.3, 0.4) is 0 Å². The van der Waals surface area contributed by atoms with Crippen molar-refractivity contribution in [2.24, 2.45) is 5.10 Å². The first-order valence-electron chi connectivity index (χ1n) is 10.00. The van der Waals surface area contributed by atoms with E-state index in [0.717, 1.165) is 16.7 Å². The van der Waals surface area contributed by atoms with Gasteiger partial charge in [0.25, 0.3) is 11.6 Å². The van der Waals surface area contributed by atoms with Crippen molar-refractivity contribution in [2.75, 3.05) is 6.61 Å². The molecule has 0 unspecified atom stereocenters. The molecule has 0 radical (unpaired) electrons. The summed E-state index contributed by atoms with van der Waals surface area (Å²) in [7, 11) is 0. The van der Waals surface area contributed by atoms with E-state index in [1.54, 1.807) is 42.5 Å². The quantitative estimate of drug-likeness (QED) is 0.301. The molecule has 0 aliphatic rings. The van der Waals surface area contributed by atoms with Crippen LogP contribution in [-0.2, 0) is 6.61 Å². The number of hydrogen-bond acceptors (Lipinski definition) is 6. The van der Waals surface area contributed by atoms with E-state index in [9.17, 15) is 14.9 Å². The molecule has 8 nitrogen and oxygen atoms in total. The lowest BCUT2D eigenvalue weighted by atomic mass is 10.1. The molecular weight excluding hydrogens is 410 g/mol. The number of aryl methyl sites for hydroxylation is 1. The van der Waals surface area contributed by atoms with Crippen molar-refractivity contribution < 1.29 is 19.2 Å². The van der Waals surface area contributed by atoms with Gasteiger partial charge in [-0.2, -0.15) is 5.10 Å². The number of rotatable bonds is 9. The lowest BCUT2D eigenvalue weighted by Gasteiger charge is -2.12. The van der Waals surface area contributed by atoms with E-state index in [-0.39, 0.29) is 18.2 Å². The van der Waals surface area contributed by atoms with Crippen molar-refractivity contribution >= 4 is 17.8 Å². The largest absolute Gasteiger partial charge is 0.490 e. The summed E-state index contributed by atoms with van der Waals surface area (Å²) in [6.45, 7) is 4.40. The molecule has 3 aromatic rings. The van der Waals surface area contributed by atoms with Crippen molar-refractivity contribution in [3.05, 3.63) is 99.1 Å². The van der Waals surface area contributed by atoms with Gasteiger partial charge in [-0.15, -0.1) is 0 Å². The monoisotopic (exact) mass is 433 g/mol. The summed E-state index contributed by atoms with van der Waals surface area (Å²) >= 11 is 0. The van der Waals surface area contributed by atoms with Gasteiger partial charge in [0.05, 0.1) is 17.7 Å². The Morgan fingerprint density at radius 2 is 1.81 bits per heavy atom. The van der Waals surface area contributed by atoms with E-state index in [1.165, 1.54) is 18.3 Å². The number of amides is 1. The minimum Gasteiger partial charge on any atom is -0.490 e. The van der Waals surface area contributed by atoms with Crippen LogP contribution in [0.25, 0.3) is 0 Å². The van der Waals surface area contributed by atoms with Gasteiger partial charge >= 0.3 is 0 Å². The Balaban J connectivity index is 1.65. The topological polar surface area (TPSA) is 103 Å². The summed E-state index contributed by atoms with van der Waals surface area (Å²) < 4.78 is 11.5. The highest BCUT2D eigenvalue weighted by atomic mass is 16.6. The Bertz CT molecular complexity index is 1130. The molecule has 0 fully saturated rings. The summed E-state index contributed by atoms with van der Waals surface area (Å²) in [5, 5.41) is 14.8. The van der Waals surface area contributed by atoms with Crippen molar-refractivity contribution in [1.82, 2.24) is 5.43 Å². The molecule has 164 valence electrons. The van der Waals surface area contributed by atoms with E-state index >= 15 is 0 Å². The zero-order valence-electron chi connectivity index (χ0n) is 17.8. The standard InChI is InChI=1S/C24H23N3O5/c1-3-31-23-14-19(15-25-26-24(28)21-7-5-4-6-17(21)2)10-13-22(23)32-16-18-8-11-20(12-9-18)27(29)30/h4-15H,3,16H2,1-2H3,(H,26,28)/b25-15-. The summed E-state index contributed by atoms with van der Waals surface area (Å²) in [4.78, 5) is 22.6. The average molecular weight is 433 g/mol. The maximum absolute atomic E-state index is 12.3. The third-order valence-electron chi connectivity index (χ3n) is 4.58. The molecule has 0 spiro atoms. The molecule has 0 aliphatic heterocycles. The number of ether oxygens (including phenoxy) is 2. The van der Waals surface area contributed by atoms with Crippen LogP contribution in [0.1, 0.15) is 34.0 Å². The minimum absolute atomic E-state index is 0.0295. The predicted octanol–water partition coefficient (Wildman–Crippen LogP) is 4.64. The number of nitrogens with zero attached hydrogens (tertiary/aromatic N) is 2. The van der Waals surface area contributed by atoms with Crippen LogP contribution in [0.15, 0.2) is 71.8 Å². The fourth-order valence-electron chi connectivity index (χ4n) is 2.92. The van der Waals surface area contributed by atoms with E-state index in [2.05, 4.69) is 10.5 Å². The average Bonchev–Trinajstić information content (AvgIpc) is 2.79. The number of hydrazone groups is 1. The summed E-state index contributed by atoms with van der Waals surface area (Å²) in [6, 6.07) is 18.8. The molecule has 0 saturated carbocycles. The van der Waals surface area contributed by atoms with Crippen molar-refractivity contribution in [3.63, 3.8) is 0 Å². The molecular formula is C24H23N3O5. The molecule has 3 aromatic carbocycles. The highest BCUT2D eigenvalue weighted by Gasteiger charge is 2.09. The van der Waals surface area contributed by atoms with Gasteiger partial charge in [0.15, 0.2) is 11.5 Å². The summed E-state index contributed by atoms with van der Waals surface area (Å²) in [6.07, 6.45) is 1.53. The lowest BCUT2D eigenvalue weighted by Crippen LogP contribution is -2.18. The molecule has 0 bridgehead atoms. The second kappa shape index (κ2) is 10.7. The highest BCUT2D eigenvalue weighted by Crippen LogP contribution is 2.29. The Morgan fingerprint density at radius 3 is 2.50 bits per heavy atom. The molecule has 8 heteroatoms. The second-order valence-electron chi connectivity index (χ2n) is 6.87. The third kappa shape index (κ3) is 5.91. The van der Waals surface area contributed by atoms with Gasteiger partial charge in [-0.25, -0.2) is 5.43 Å². The predicted molar refractivity (Wildman–Crippen MR) is 121 cm³/mol. The number of nitrogens with one attached hydrogen (secondary N) is 1. The number of benzene rings is 3. The van der Waals surface area contributed by atoms with Crippen LogP contribution in [-0.4, -0.2) is 23.7 Å².